The molecule has 0 aliphatic carbocycles. The number of hydrogen-bond acceptors (Lipinski definition) is 4. The van der Waals surface area contributed by atoms with E-state index in [-0.39, 0.29) is 0 Å². The summed E-state index contributed by atoms with van der Waals surface area (Å²) in [5.41, 5.74) is 0.531. The molecule has 0 fully saturated rings. The Labute approximate surface area is 74.3 Å². The fraction of sp³-hybridized carbons (Fsp3) is 0. The van der Waals surface area contributed by atoms with Crippen LogP contribution in [0.2, 0.25) is 0 Å². The number of rotatable bonds is 1. The highest BCUT2D eigenvalue weighted by atomic mass is 15.3. The molecule has 2 aromatic heterocycles. The number of pyridine rings is 1. The molecule has 0 aliphatic rings. The molecular weight excluding hydrogens is 166 g/mol. The van der Waals surface area contributed by atoms with Gasteiger partial charge in [-0.1, -0.05) is 0 Å². The molecule has 62 valence electrons. The molecule has 13 heavy (non-hydrogen) atoms. The molecule has 0 saturated carbocycles. The minimum absolute atomic E-state index is 0.531. The normalized spacial score (nSPS) is 9.46. The van der Waals surface area contributed by atoms with Gasteiger partial charge in [0.15, 0.2) is 5.82 Å². The van der Waals surface area contributed by atoms with Crippen LogP contribution in [-0.4, -0.2) is 19.7 Å². The summed E-state index contributed by atoms with van der Waals surface area (Å²) in [5, 5.41) is 12.4. The van der Waals surface area contributed by atoms with E-state index in [2.05, 4.69) is 15.1 Å². The standard InChI is InChI=1S/C8H5N5/c9-3-7-1-2-8(11-4-7)13-6-10-5-12-13/h1-2,4-6H. The highest BCUT2D eigenvalue weighted by molar-refractivity contribution is 5.30. The van der Waals surface area contributed by atoms with Crippen LogP contribution < -0.4 is 0 Å². The minimum Gasteiger partial charge on any atom is -0.236 e. The summed E-state index contributed by atoms with van der Waals surface area (Å²) in [6.07, 6.45) is 4.48. The molecule has 2 heterocycles. The Morgan fingerprint density at radius 2 is 2.31 bits per heavy atom. The van der Waals surface area contributed by atoms with Crippen LogP contribution >= 0.6 is 0 Å². The average molecular weight is 171 g/mol. The fourth-order valence-electron chi connectivity index (χ4n) is 0.914. The van der Waals surface area contributed by atoms with Gasteiger partial charge in [-0.3, -0.25) is 0 Å². The van der Waals surface area contributed by atoms with Crippen molar-refractivity contribution in [3.8, 4) is 11.9 Å². The minimum atomic E-state index is 0.531. The van der Waals surface area contributed by atoms with E-state index >= 15 is 0 Å². The molecule has 5 heteroatoms. The van der Waals surface area contributed by atoms with Gasteiger partial charge in [0.25, 0.3) is 0 Å². The van der Waals surface area contributed by atoms with Crippen LogP contribution in [0.15, 0.2) is 31.0 Å². The van der Waals surface area contributed by atoms with E-state index < -0.39 is 0 Å². The molecule has 0 unspecified atom stereocenters. The van der Waals surface area contributed by atoms with Crippen LogP contribution in [0, 0.1) is 11.3 Å². The maximum Gasteiger partial charge on any atom is 0.155 e. The maximum absolute atomic E-state index is 8.53. The summed E-state index contributed by atoms with van der Waals surface area (Å²) in [6.45, 7) is 0. The van der Waals surface area contributed by atoms with Gasteiger partial charge >= 0.3 is 0 Å². The van der Waals surface area contributed by atoms with Crippen molar-refractivity contribution in [2.45, 2.75) is 0 Å². The quantitative estimate of drug-likeness (QED) is 0.627. The Hall–Kier alpha value is -2.22. The summed E-state index contributed by atoms with van der Waals surface area (Å²) in [5.74, 6) is 0.650. The number of nitrogens with zero attached hydrogens (tertiary/aromatic N) is 5. The number of aromatic nitrogens is 4. The van der Waals surface area contributed by atoms with Crippen molar-refractivity contribution in [3.05, 3.63) is 36.5 Å². The Kier molecular flexibility index (Phi) is 1.73. The predicted molar refractivity (Wildman–Crippen MR) is 43.9 cm³/mol. The summed E-state index contributed by atoms with van der Waals surface area (Å²) in [6, 6.07) is 5.39. The molecule has 0 aliphatic heterocycles. The van der Waals surface area contributed by atoms with E-state index in [1.807, 2.05) is 6.07 Å². The van der Waals surface area contributed by atoms with Crippen LogP contribution in [0.25, 0.3) is 5.82 Å². The molecule has 2 aromatic rings. The summed E-state index contributed by atoms with van der Waals surface area (Å²) < 4.78 is 1.53. The molecule has 0 atom stereocenters. The van der Waals surface area contributed by atoms with Crippen LogP contribution in [0.5, 0.6) is 0 Å². The lowest BCUT2D eigenvalue weighted by Crippen LogP contribution is -1.97. The van der Waals surface area contributed by atoms with Crippen molar-refractivity contribution in [3.63, 3.8) is 0 Å². The Balaban J connectivity index is 2.40. The molecule has 2 rings (SSSR count). The van der Waals surface area contributed by atoms with Crippen LogP contribution in [0.1, 0.15) is 5.56 Å². The van der Waals surface area contributed by atoms with Crippen molar-refractivity contribution < 1.29 is 0 Å². The van der Waals surface area contributed by atoms with Gasteiger partial charge in [0, 0.05) is 6.20 Å². The predicted octanol–water partition coefficient (Wildman–Crippen LogP) is 0.534. The zero-order valence-corrected chi connectivity index (χ0v) is 6.62. The first kappa shape index (κ1) is 7.43. The van der Waals surface area contributed by atoms with Gasteiger partial charge in [0.2, 0.25) is 0 Å². The van der Waals surface area contributed by atoms with E-state index in [1.54, 1.807) is 18.5 Å². The smallest absolute Gasteiger partial charge is 0.155 e. The first-order chi connectivity index (χ1) is 6.40. The van der Waals surface area contributed by atoms with Gasteiger partial charge in [-0.05, 0) is 12.1 Å². The van der Waals surface area contributed by atoms with Gasteiger partial charge in [0.05, 0.1) is 5.56 Å². The average Bonchev–Trinajstić information content (AvgIpc) is 2.71. The van der Waals surface area contributed by atoms with Crippen molar-refractivity contribution in [2.24, 2.45) is 0 Å². The largest absolute Gasteiger partial charge is 0.236 e. The summed E-state index contributed by atoms with van der Waals surface area (Å²) in [4.78, 5) is 7.82. The van der Waals surface area contributed by atoms with Gasteiger partial charge in [-0.15, -0.1) is 0 Å². The second kappa shape index (κ2) is 3.03. The molecule has 0 spiro atoms. The first-order valence-corrected chi connectivity index (χ1v) is 3.61. The van der Waals surface area contributed by atoms with Crippen molar-refractivity contribution in [2.75, 3.05) is 0 Å². The maximum atomic E-state index is 8.53. The van der Waals surface area contributed by atoms with E-state index in [9.17, 15) is 0 Å². The Bertz CT molecular complexity index is 423. The number of hydrogen-bond donors (Lipinski definition) is 0. The monoisotopic (exact) mass is 171 g/mol. The van der Waals surface area contributed by atoms with Crippen LogP contribution in [-0.2, 0) is 0 Å². The lowest BCUT2D eigenvalue weighted by Gasteiger charge is -1.96. The van der Waals surface area contributed by atoms with Gasteiger partial charge in [-0.25, -0.2) is 14.6 Å². The fourth-order valence-corrected chi connectivity index (χ4v) is 0.914. The van der Waals surface area contributed by atoms with Crippen LogP contribution in [0.3, 0.4) is 0 Å². The highest BCUT2D eigenvalue weighted by Crippen LogP contribution is 2.01. The third-order valence-electron chi connectivity index (χ3n) is 1.53. The summed E-state index contributed by atoms with van der Waals surface area (Å²) in [7, 11) is 0. The topological polar surface area (TPSA) is 67.4 Å². The summed E-state index contributed by atoms with van der Waals surface area (Å²) >= 11 is 0. The van der Waals surface area contributed by atoms with Gasteiger partial charge in [0.1, 0.15) is 18.7 Å². The lowest BCUT2D eigenvalue weighted by atomic mass is 10.3. The third kappa shape index (κ3) is 1.37. The molecule has 0 radical (unpaired) electrons. The van der Waals surface area contributed by atoms with E-state index in [1.165, 1.54) is 17.2 Å². The van der Waals surface area contributed by atoms with Gasteiger partial charge < -0.3 is 0 Å². The lowest BCUT2D eigenvalue weighted by molar-refractivity contribution is 0.845. The third-order valence-corrected chi connectivity index (χ3v) is 1.53. The Morgan fingerprint density at radius 1 is 1.38 bits per heavy atom. The molecule has 0 bridgehead atoms. The molecule has 0 saturated heterocycles. The molecule has 0 N–H and O–H groups in total. The molecule has 5 nitrogen and oxygen atoms in total. The highest BCUT2D eigenvalue weighted by Gasteiger charge is 1.97. The van der Waals surface area contributed by atoms with Crippen molar-refractivity contribution in [1.82, 2.24) is 19.7 Å². The second-order valence-corrected chi connectivity index (χ2v) is 2.36. The van der Waals surface area contributed by atoms with Crippen molar-refractivity contribution in [1.29, 1.82) is 5.26 Å². The second-order valence-electron chi connectivity index (χ2n) is 2.36. The molecule has 0 aromatic carbocycles. The van der Waals surface area contributed by atoms with Gasteiger partial charge in [-0.2, -0.15) is 10.4 Å². The number of nitriles is 1. The van der Waals surface area contributed by atoms with E-state index in [0.717, 1.165) is 0 Å². The van der Waals surface area contributed by atoms with Crippen LogP contribution in [0.4, 0.5) is 0 Å². The van der Waals surface area contributed by atoms with E-state index in [0.29, 0.717) is 11.4 Å². The Morgan fingerprint density at radius 3 is 2.85 bits per heavy atom. The first-order valence-electron chi connectivity index (χ1n) is 3.61. The van der Waals surface area contributed by atoms with Crippen molar-refractivity contribution >= 4 is 0 Å². The SMILES string of the molecule is N#Cc1ccc(-n2cncn2)nc1. The zero-order valence-electron chi connectivity index (χ0n) is 6.62. The molecular formula is C8H5N5. The molecule has 0 amide bonds. The zero-order chi connectivity index (χ0) is 9.10. The van der Waals surface area contributed by atoms with E-state index in [4.69, 9.17) is 5.26 Å².